The third kappa shape index (κ3) is 5.67. The molecule has 0 radical (unpaired) electrons. The molecule has 2 aromatic rings. The van der Waals surface area contributed by atoms with Gasteiger partial charge < -0.3 is 24.3 Å². The van der Waals surface area contributed by atoms with Crippen LogP contribution in [0.25, 0.3) is 0 Å². The molecule has 4 aliphatic rings. The van der Waals surface area contributed by atoms with Crippen molar-refractivity contribution in [3.63, 3.8) is 0 Å². The normalized spacial score (nSPS) is 25.9. The number of para-hydroxylation sites is 1. The van der Waals surface area contributed by atoms with Crippen LogP contribution in [0.1, 0.15) is 43.4 Å². The summed E-state index contributed by atoms with van der Waals surface area (Å²) in [5.41, 5.74) is 3.48. The van der Waals surface area contributed by atoms with Crippen molar-refractivity contribution in [2.24, 2.45) is 5.41 Å². The molecule has 3 atom stereocenters. The molecule has 10 heteroatoms. The van der Waals surface area contributed by atoms with Crippen LogP contribution in [0.5, 0.6) is 6.01 Å². The quantitative estimate of drug-likeness (QED) is 0.446. The Kier molecular flexibility index (Phi) is 8.28. The van der Waals surface area contributed by atoms with Crippen LogP contribution in [-0.2, 0) is 17.6 Å². The summed E-state index contributed by atoms with van der Waals surface area (Å²) in [6.07, 6.45) is 7.81. The molecule has 1 aromatic heterocycles. The van der Waals surface area contributed by atoms with Crippen LogP contribution >= 0.6 is 11.6 Å². The summed E-state index contributed by atoms with van der Waals surface area (Å²) >= 11 is 6.57. The number of hydrogen-bond acceptors (Lipinski definition) is 8. The van der Waals surface area contributed by atoms with Crippen LogP contribution < -0.4 is 14.5 Å². The number of carbonyl (C=O) groups excluding carboxylic acids is 1. The summed E-state index contributed by atoms with van der Waals surface area (Å²) in [5, 5.41) is 10.3. The molecule has 1 amide bonds. The minimum atomic E-state index is -0.217. The number of piperazine rings is 1. The number of nitrogens with zero attached hydrogens (tertiary/aromatic N) is 7. The van der Waals surface area contributed by atoms with Crippen LogP contribution in [0.15, 0.2) is 36.9 Å². The first-order valence-electron chi connectivity index (χ1n) is 15.2. The summed E-state index contributed by atoms with van der Waals surface area (Å²) in [7, 11) is 2.15. The molecule has 1 spiro atoms. The van der Waals surface area contributed by atoms with Crippen LogP contribution in [0.4, 0.5) is 11.5 Å². The van der Waals surface area contributed by atoms with Gasteiger partial charge in [0.25, 0.3) is 0 Å². The number of anilines is 2. The minimum absolute atomic E-state index is 0.124. The number of likely N-dealkylation sites (N-methyl/N-ethyl adjacent to an activating group) is 1. The largest absolute Gasteiger partial charge is 0.462 e. The second kappa shape index (κ2) is 12.1. The lowest BCUT2D eigenvalue weighted by Crippen LogP contribution is -2.55. The second-order valence-electron chi connectivity index (χ2n) is 12.3. The van der Waals surface area contributed by atoms with Crippen LogP contribution in [0.3, 0.4) is 0 Å². The molecular weight excluding hydrogens is 550 g/mol. The van der Waals surface area contributed by atoms with Gasteiger partial charge in [0.05, 0.1) is 34.9 Å². The number of aromatic nitrogens is 2. The van der Waals surface area contributed by atoms with Crippen molar-refractivity contribution in [2.75, 3.05) is 62.7 Å². The monoisotopic (exact) mass is 589 g/mol. The van der Waals surface area contributed by atoms with Crippen LogP contribution in [0, 0.1) is 16.7 Å². The Balaban J connectivity index is 1.28. The summed E-state index contributed by atoms with van der Waals surface area (Å²) in [5.74, 6) is 0.773. The maximum absolute atomic E-state index is 12.5. The number of hydrogen-bond donors (Lipinski definition) is 0. The van der Waals surface area contributed by atoms with E-state index < -0.39 is 0 Å². The number of amides is 1. The Morgan fingerprint density at radius 3 is 2.81 bits per heavy atom. The summed E-state index contributed by atoms with van der Waals surface area (Å²) in [6, 6.07) is 11.0. The number of likely N-dealkylation sites (tertiary alicyclic amines) is 1. The van der Waals surface area contributed by atoms with Gasteiger partial charge in [0.15, 0.2) is 0 Å². The fourth-order valence-electron chi connectivity index (χ4n) is 7.35. The zero-order chi connectivity index (χ0) is 29.3. The smallest absolute Gasteiger partial charge is 0.318 e. The highest BCUT2D eigenvalue weighted by Crippen LogP contribution is 2.46. The van der Waals surface area contributed by atoms with Crippen molar-refractivity contribution in [1.29, 1.82) is 5.26 Å². The number of nitriles is 1. The summed E-state index contributed by atoms with van der Waals surface area (Å²) in [4.78, 5) is 31.4. The van der Waals surface area contributed by atoms with E-state index in [1.807, 2.05) is 12.1 Å². The van der Waals surface area contributed by atoms with Gasteiger partial charge in [-0.1, -0.05) is 30.3 Å². The molecule has 3 saturated heterocycles. The lowest BCUT2D eigenvalue weighted by atomic mass is 9.72. The molecule has 6 rings (SSSR count). The van der Waals surface area contributed by atoms with E-state index in [0.717, 1.165) is 74.0 Å². The van der Waals surface area contributed by atoms with Gasteiger partial charge >= 0.3 is 6.01 Å². The Morgan fingerprint density at radius 2 is 2.05 bits per heavy atom. The molecule has 0 saturated carbocycles. The van der Waals surface area contributed by atoms with Crippen molar-refractivity contribution in [3.8, 4) is 12.1 Å². The van der Waals surface area contributed by atoms with Gasteiger partial charge in [-0.2, -0.15) is 15.2 Å². The number of fused-ring (bicyclic) bond motifs is 1. The van der Waals surface area contributed by atoms with E-state index in [9.17, 15) is 10.1 Å². The summed E-state index contributed by atoms with van der Waals surface area (Å²) in [6.45, 7) is 8.95. The van der Waals surface area contributed by atoms with Crippen molar-refractivity contribution in [3.05, 3.63) is 53.2 Å². The molecule has 3 unspecified atom stereocenters. The van der Waals surface area contributed by atoms with E-state index in [1.54, 1.807) is 4.90 Å². The van der Waals surface area contributed by atoms with Gasteiger partial charge in [0, 0.05) is 44.3 Å². The lowest BCUT2D eigenvalue weighted by molar-refractivity contribution is -0.128. The maximum atomic E-state index is 12.5. The molecule has 3 fully saturated rings. The number of carbonyl (C=O) groups is 1. The third-order valence-electron chi connectivity index (χ3n) is 9.77. The molecule has 42 heavy (non-hydrogen) atoms. The number of halogens is 1. The van der Waals surface area contributed by atoms with Gasteiger partial charge in [0.2, 0.25) is 5.91 Å². The van der Waals surface area contributed by atoms with Gasteiger partial charge in [-0.05, 0) is 75.7 Å². The van der Waals surface area contributed by atoms with Crippen LogP contribution in [0.2, 0.25) is 5.02 Å². The third-order valence-corrected chi connectivity index (χ3v) is 10.1. The molecule has 1 aliphatic carbocycles. The number of ether oxygens (including phenoxy) is 1. The first-order chi connectivity index (χ1) is 20.4. The SMILES string of the molecule is C=CC(=O)N1CCN(c2nc(OCC3CCCN3C)nc3c2CCC2(CCN(c4ccccc4Cl)C2)C3)CC1CC#N. The van der Waals surface area contributed by atoms with Crippen LogP contribution in [-0.4, -0.2) is 90.7 Å². The fourth-order valence-corrected chi connectivity index (χ4v) is 7.61. The van der Waals surface area contributed by atoms with E-state index in [4.69, 9.17) is 26.3 Å². The van der Waals surface area contributed by atoms with E-state index in [1.165, 1.54) is 18.1 Å². The Morgan fingerprint density at radius 1 is 1.19 bits per heavy atom. The Bertz CT molecular complexity index is 1380. The van der Waals surface area contributed by atoms with E-state index in [-0.39, 0.29) is 23.8 Å². The highest BCUT2D eigenvalue weighted by molar-refractivity contribution is 6.33. The molecule has 0 N–H and O–H groups in total. The number of rotatable bonds is 7. The highest BCUT2D eigenvalue weighted by atomic mass is 35.5. The van der Waals surface area contributed by atoms with E-state index in [0.29, 0.717) is 38.3 Å². The molecule has 4 heterocycles. The van der Waals surface area contributed by atoms with Gasteiger partial charge in [-0.25, -0.2) is 0 Å². The minimum Gasteiger partial charge on any atom is -0.462 e. The van der Waals surface area contributed by atoms with Gasteiger partial charge in [0.1, 0.15) is 12.4 Å². The average Bonchev–Trinajstić information content (AvgIpc) is 3.61. The average molecular weight is 590 g/mol. The zero-order valence-corrected chi connectivity index (χ0v) is 25.2. The van der Waals surface area contributed by atoms with E-state index >= 15 is 0 Å². The summed E-state index contributed by atoms with van der Waals surface area (Å²) < 4.78 is 6.32. The Hall–Kier alpha value is -3.35. The Labute approximate surface area is 253 Å². The molecule has 1 aromatic carbocycles. The lowest BCUT2D eigenvalue weighted by Gasteiger charge is -2.42. The highest BCUT2D eigenvalue weighted by Gasteiger charge is 2.43. The standard InChI is InChI=1S/C32H40ClN7O2/c1-3-29(41)40-18-17-38(20-23(40)11-14-34)30-25-10-12-32(13-16-39(22-32)28-9-5-4-8-26(28)33)19-27(25)35-31(36-30)42-21-24-7-6-15-37(24)2/h3-5,8-9,23-24H,1,6-7,10-13,15-22H2,2H3. The van der Waals surface area contributed by atoms with Crippen molar-refractivity contribution in [2.45, 2.75) is 57.0 Å². The van der Waals surface area contributed by atoms with E-state index in [2.05, 4.69) is 46.5 Å². The molecule has 9 nitrogen and oxygen atoms in total. The topological polar surface area (TPSA) is 88.8 Å². The fraction of sp³-hybridized carbons (Fsp3) is 0.562. The maximum Gasteiger partial charge on any atom is 0.318 e. The van der Waals surface area contributed by atoms with Crippen molar-refractivity contribution >= 4 is 29.0 Å². The molecule has 0 bridgehead atoms. The second-order valence-corrected chi connectivity index (χ2v) is 12.7. The van der Waals surface area contributed by atoms with Gasteiger partial charge in [-0.3, -0.25) is 4.79 Å². The van der Waals surface area contributed by atoms with Crippen molar-refractivity contribution in [1.82, 2.24) is 19.8 Å². The first kappa shape index (κ1) is 28.8. The van der Waals surface area contributed by atoms with Crippen molar-refractivity contribution < 1.29 is 9.53 Å². The van der Waals surface area contributed by atoms with Gasteiger partial charge in [-0.15, -0.1) is 0 Å². The predicted molar refractivity (Wildman–Crippen MR) is 164 cm³/mol. The zero-order valence-electron chi connectivity index (χ0n) is 24.5. The first-order valence-corrected chi connectivity index (χ1v) is 15.5. The molecule has 222 valence electrons. The predicted octanol–water partition coefficient (Wildman–Crippen LogP) is 4.11. The molecular formula is C32H40ClN7O2. The molecule has 3 aliphatic heterocycles. The number of benzene rings is 1.